The van der Waals surface area contributed by atoms with E-state index in [0.29, 0.717) is 0 Å². The number of halogens is 2. The van der Waals surface area contributed by atoms with E-state index in [1.807, 2.05) is 0 Å². The molecule has 0 aromatic heterocycles. The minimum absolute atomic E-state index is 0.278. The third-order valence-electron chi connectivity index (χ3n) is 1.33. The Morgan fingerprint density at radius 3 is 2.58 bits per heavy atom. The normalized spacial score (nSPS) is 13.4. The number of hydrogen-bond acceptors (Lipinski definition) is 2. The summed E-state index contributed by atoms with van der Waals surface area (Å²) in [5.74, 6) is -1.68. The molecule has 0 aliphatic heterocycles. The van der Waals surface area contributed by atoms with Gasteiger partial charge < -0.3 is 9.79 Å². The Morgan fingerprint density at radius 2 is 2.08 bits per heavy atom. The van der Waals surface area contributed by atoms with Crippen LogP contribution in [0.15, 0.2) is 28.7 Å². The molecule has 12 heavy (non-hydrogen) atoms. The lowest BCUT2D eigenvalue weighted by Gasteiger charge is -2.08. The van der Waals surface area contributed by atoms with Crippen LogP contribution in [-0.2, 0) is 0 Å². The third kappa shape index (κ3) is 2.49. The highest BCUT2D eigenvalue weighted by molar-refractivity contribution is 9.10. The molecule has 0 amide bonds. The fourth-order valence-electron chi connectivity index (χ4n) is 0.788. The molecule has 0 saturated heterocycles. The Morgan fingerprint density at radius 1 is 1.42 bits per heavy atom. The highest BCUT2D eigenvalue weighted by atomic mass is 79.9. The molecule has 0 heterocycles. The molecule has 66 valence electrons. The minimum Gasteiger partial charge on any atom is -0.348 e. The maximum absolute atomic E-state index is 12.9. The van der Waals surface area contributed by atoms with E-state index in [9.17, 15) is 4.39 Å². The van der Waals surface area contributed by atoms with Crippen LogP contribution in [0.2, 0.25) is 0 Å². The number of rotatable bonds is 2. The van der Waals surface area contributed by atoms with Gasteiger partial charge in [0.25, 0.3) is 0 Å². The average Bonchev–Trinajstić information content (AvgIpc) is 2.03. The molecule has 1 aromatic rings. The van der Waals surface area contributed by atoms with Crippen LogP contribution >= 0.6 is 24.3 Å². The summed E-state index contributed by atoms with van der Waals surface area (Å²) in [5.41, 5.74) is 0.278. The zero-order valence-electron chi connectivity index (χ0n) is 5.98. The first kappa shape index (κ1) is 10.1. The average molecular weight is 253 g/mol. The largest absolute Gasteiger partial charge is 0.348 e. The summed E-state index contributed by atoms with van der Waals surface area (Å²) < 4.78 is 13.7. The summed E-state index contributed by atoms with van der Waals surface area (Å²) >= 11 is 3.16. The zero-order chi connectivity index (χ0) is 9.14. The second-order valence-corrected chi connectivity index (χ2v) is 4.22. The van der Waals surface area contributed by atoms with Crippen molar-refractivity contribution < 1.29 is 14.2 Å². The van der Waals surface area contributed by atoms with Crippen molar-refractivity contribution in [3.05, 3.63) is 34.3 Å². The van der Waals surface area contributed by atoms with Gasteiger partial charge in [0, 0.05) is 4.47 Å². The molecule has 0 radical (unpaired) electrons. The third-order valence-corrected chi connectivity index (χ3v) is 2.52. The molecule has 1 atom stereocenters. The minimum atomic E-state index is -2.54. The van der Waals surface area contributed by atoms with Crippen molar-refractivity contribution >= 4 is 24.3 Å². The second-order valence-electron chi connectivity index (χ2n) is 2.21. The smallest absolute Gasteiger partial charge is 0.206 e. The van der Waals surface area contributed by atoms with Crippen LogP contribution in [0.3, 0.4) is 0 Å². The molecule has 0 spiro atoms. The lowest BCUT2D eigenvalue weighted by atomic mass is 10.2. The van der Waals surface area contributed by atoms with Crippen LogP contribution in [0.25, 0.3) is 0 Å². The highest BCUT2D eigenvalue weighted by Crippen LogP contribution is 2.45. The maximum atomic E-state index is 12.9. The molecule has 1 aromatic carbocycles. The molecule has 0 fully saturated rings. The molecule has 0 aliphatic carbocycles. The van der Waals surface area contributed by atoms with Crippen molar-refractivity contribution in [2.45, 2.75) is 5.91 Å². The summed E-state index contributed by atoms with van der Waals surface area (Å²) in [7, 11) is -2.54. The molecule has 1 unspecified atom stereocenters. The second kappa shape index (κ2) is 4.28. The van der Waals surface area contributed by atoms with Crippen molar-refractivity contribution in [2.75, 3.05) is 0 Å². The van der Waals surface area contributed by atoms with Crippen molar-refractivity contribution in [3.8, 4) is 0 Å². The molecule has 0 saturated carbocycles. The number of hydrogen-bond donors (Lipinski definition) is 2. The fourth-order valence-corrected chi connectivity index (χ4v) is 1.63. The van der Waals surface area contributed by atoms with Gasteiger partial charge in [-0.3, -0.25) is 0 Å². The van der Waals surface area contributed by atoms with Gasteiger partial charge in [-0.05, 0) is 17.7 Å². The van der Waals surface area contributed by atoms with E-state index in [4.69, 9.17) is 9.79 Å². The van der Waals surface area contributed by atoms with Gasteiger partial charge in [-0.1, -0.05) is 28.1 Å². The summed E-state index contributed by atoms with van der Waals surface area (Å²) in [5, 5.41) is 0. The van der Waals surface area contributed by atoms with E-state index in [1.165, 1.54) is 12.1 Å². The molecular weight excluding hydrogens is 246 g/mol. The van der Waals surface area contributed by atoms with Gasteiger partial charge in [0.15, 0.2) is 5.91 Å². The van der Waals surface area contributed by atoms with Gasteiger partial charge in [-0.2, -0.15) is 0 Å². The summed E-state index contributed by atoms with van der Waals surface area (Å²) in [6.07, 6.45) is 0. The number of benzene rings is 1. The van der Waals surface area contributed by atoms with Crippen LogP contribution in [0.1, 0.15) is 11.5 Å². The molecule has 2 N–H and O–H groups in total. The van der Waals surface area contributed by atoms with Gasteiger partial charge in [0.05, 0.1) is 0 Å². The first-order chi connectivity index (χ1) is 5.61. The molecular formula is C7H7BrFO2P. The predicted octanol–water partition coefficient (Wildman–Crippen LogP) is 2.71. The lowest BCUT2D eigenvalue weighted by Crippen LogP contribution is -1.88. The van der Waals surface area contributed by atoms with Crippen molar-refractivity contribution in [3.63, 3.8) is 0 Å². The SMILES string of the molecule is OP(O)C(F)c1cccc(Br)c1. The standard InChI is InChI=1S/C7H7BrFO2P/c8-6-3-1-2-5(4-6)7(9)12(10)11/h1-4,7,10-11H. The van der Waals surface area contributed by atoms with E-state index in [2.05, 4.69) is 15.9 Å². The quantitative estimate of drug-likeness (QED) is 0.795. The van der Waals surface area contributed by atoms with Crippen LogP contribution < -0.4 is 0 Å². The van der Waals surface area contributed by atoms with Crippen molar-refractivity contribution in [1.29, 1.82) is 0 Å². The highest BCUT2D eigenvalue weighted by Gasteiger charge is 2.18. The van der Waals surface area contributed by atoms with Gasteiger partial charge >= 0.3 is 0 Å². The Bertz CT molecular complexity index is 269. The van der Waals surface area contributed by atoms with Crippen LogP contribution in [0.4, 0.5) is 4.39 Å². The molecule has 2 nitrogen and oxygen atoms in total. The lowest BCUT2D eigenvalue weighted by molar-refractivity contribution is 0.373. The van der Waals surface area contributed by atoms with E-state index in [1.54, 1.807) is 12.1 Å². The Hall–Kier alpha value is -0.0200. The Labute approximate surface area is 79.1 Å². The maximum Gasteiger partial charge on any atom is 0.206 e. The topological polar surface area (TPSA) is 40.5 Å². The first-order valence-electron chi connectivity index (χ1n) is 3.18. The van der Waals surface area contributed by atoms with E-state index < -0.39 is 14.3 Å². The predicted molar refractivity (Wildman–Crippen MR) is 49.3 cm³/mol. The zero-order valence-corrected chi connectivity index (χ0v) is 8.46. The van der Waals surface area contributed by atoms with Gasteiger partial charge in [0.1, 0.15) is 0 Å². The van der Waals surface area contributed by atoms with Crippen LogP contribution in [0.5, 0.6) is 0 Å². The molecule has 0 bridgehead atoms. The molecule has 1 rings (SSSR count). The monoisotopic (exact) mass is 252 g/mol. The summed E-state index contributed by atoms with van der Waals surface area (Å²) in [6.45, 7) is 0. The van der Waals surface area contributed by atoms with Gasteiger partial charge in [-0.15, -0.1) is 0 Å². The van der Waals surface area contributed by atoms with Crippen molar-refractivity contribution in [2.24, 2.45) is 0 Å². The Balaban J connectivity index is 2.88. The number of alkyl halides is 1. The van der Waals surface area contributed by atoms with Crippen molar-refractivity contribution in [1.82, 2.24) is 0 Å². The van der Waals surface area contributed by atoms with Gasteiger partial charge in [-0.25, -0.2) is 4.39 Å². The fraction of sp³-hybridized carbons (Fsp3) is 0.143. The van der Waals surface area contributed by atoms with E-state index >= 15 is 0 Å². The molecule has 5 heteroatoms. The first-order valence-corrected chi connectivity index (χ1v) is 5.28. The Kier molecular flexibility index (Phi) is 3.59. The van der Waals surface area contributed by atoms with E-state index in [-0.39, 0.29) is 5.56 Å². The van der Waals surface area contributed by atoms with Crippen LogP contribution in [0, 0.1) is 0 Å². The van der Waals surface area contributed by atoms with Gasteiger partial charge in [0.2, 0.25) is 8.38 Å². The summed E-state index contributed by atoms with van der Waals surface area (Å²) in [6, 6.07) is 6.42. The molecule has 0 aliphatic rings. The summed E-state index contributed by atoms with van der Waals surface area (Å²) in [4.78, 5) is 17.2. The van der Waals surface area contributed by atoms with Crippen LogP contribution in [-0.4, -0.2) is 9.79 Å². The van der Waals surface area contributed by atoms with E-state index in [0.717, 1.165) is 4.47 Å².